The Kier molecular flexibility index (Phi) is 8.49. The van der Waals surface area contributed by atoms with Crippen molar-refractivity contribution in [3.05, 3.63) is 57.6 Å². The molecule has 2 aromatic rings. The largest absolute Gasteiger partial charge is 0.559 e. The zero-order valence-electron chi connectivity index (χ0n) is 24.8. The zero-order valence-corrected chi connectivity index (χ0v) is 25.7. The molecule has 0 spiro atoms. The third kappa shape index (κ3) is 7.16. The van der Waals surface area contributed by atoms with E-state index in [4.69, 9.17) is 4.52 Å². The van der Waals surface area contributed by atoms with Crippen molar-refractivity contribution in [1.82, 2.24) is 0 Å². The predicted octanol–water partition coefficient (Wildman–Crippen LogP) is 9.11. The fraction of sp³-hybridized carbons (Fsp3) is 0.600. The Labute approximate surface area is 222 Å². The first kappa shape index (κ1) is 31.3. The van der Waals surface area contributed by atoms with Gasteiger partial charge in [0.1, 0.15) is 11.5 Å². The second kappa shape index (κ2) is 10.0. The Hall–Kier alpha value is -1.88. The van der Waals surface area contributed by atoms with Crippen LogP contribution in [-0.2, 0) is 31.0 Å². The lowest BCUT2D eigenvalue weighted by Crippen LogP contribution is -2.20. The molecule has 0 bridgehead atoms. The van der Waals surface area contributed by atoms with Gasteiger partial charge in [-0.05, 0) is 42.9 Å². The minimum Gasteiger partial charge on any atom is -0.507 e. The molecule has 208 valence electrons. The average Bonchev–Trinajstić information content (AvgIpc) is 2.69. The highest BCUT2D eigenvalue weighted by Gasteiger charge is 2.35. The van der Waals surface area contributed by atoms with Crippen molar-refractivity contribution in [2.24, 2.45) is 0 Å². The number of phenolic OH excluding ortho intramolecular Hbond substituents is 1. The van der Waals surface area contributed by atoms with Crippen LogP contribution in [0.1, 0.15) is 129 Å². The molecular formula is C30H46FO5P. The number of phosphoric acid groups is 1. The van der Waals surface area contributed by atoms with Crippen molar-refractivity contribution in [3.8, 4) is 11.5 Å². The summed E-state index contributed by atoms with van der Waals surface area (Å²) in [5.41, 5.74) is 3.48. The number of aromatic hydroxyl groups is 1. The van der Waals surface area contributed by atoms with Crippen molar-refractivity contribution in [3.63, 3.8) is 0 Å². The van der Waals surface area contributed by atoms with Gasteiger partial charge in [0, 0.05) is 22.6 Å². The van der Waals surface area contributed by atoms with E-state index in [1.54, 1.807) is 0 Å². The van der Waals surface area contributed by atoms with Crippen LogP contribution in [0.25, 0.3) is 0 Å². The van der Waals surface area contributed by atoms with E-state index in [0.29, 0.717) is 16.7 Å². The topological polar surface area (TPSA) is 76.0 Å². The predicted molar refractivity (Wildman–Crippen MR) is 150 cm³/mol. The van der Waals surface area contributed by atoms with Gasteiger partial charge in [0.05, 0.1) is 0 Å². The van der Waals surface area contributed by atoms with E-state index in [0.717, 1.165) is 16.7 Å². The normalized spacial score (nSPS) is 15.9. The average molecular weight is 537 g/mol. The van der Waals surface area contributed by atoms with Crippen LogP contribution in [0.5, 0.6) is 11.5 Å². The van der Waals surface area contributed by atoms with E-state index >= 15 is 0 Å². The monoisotopic (exact) mass is 536 g/mol. The van der Waals surface area contributed by atoms with Gasteiger partial charge in [-0.15, -0.1) is 0 Å². The van der Waals surface area contributed by atoms with Crippen molar-refractivity contribution in [1.29, 1.82) is 0 Å². The second-order valence-electron chi connectivity index (χ2n) is 14.3. The molecule has 5 nitrogen and oxygen atoms in total. The highest BCUT2D eigenvalue weighted by atomic mass is 31.2. The third-order valence-corrected chi connectivity index (χ3v) is 7.42. The van der Waals surface area contributed by atoms with Gasteiger partial charge in [0.15, 0.2) is 0 Å². The molecule has 0 aliphatic carbocycles. The number of phenols is 1. The zero-order chi connectivity index (χ0) is 28.9. The van der Waals surface area contributed by atoms with Crippen molar-refractivity contribution >= 4 is 7.82 Å². The van der Waals surface area contributed by atoms with E-state index in [1.165, 1.54) is 0 Å². The van der Waals surface area contributed by atoms with Crippen LogP contribution in [0.4, 0.5) is 4.53 Å². The number of rotatable bonds is 5. The lowest BCUT2D eigenvalue weighted by Gasteiger charge is -2.32. The number of hydrogen-bond acceptors (Lipinski definition) is 4. The van der Waals surface area contributed by atoms with Crippen LogP contribution < -0.4 is 4.52 Å². The minimum atomic E-state index is -5.02. The highest BCUT2D eigenvalue weighted by Crippen LogP contribution is 2.52. The van der Waals surface area contributed by atoms with Gasteiger partial charge in [-0.1, -0.05) is 119 Å². The van der Waals surface area contributed by atoms with Crippen LogP contribution in [0.2, 0.25) is 0 Å². The molecule has 0 radical (unpaired) electrons. The van der Waals surface area contributed by atoms with Crippen LogP contribution in [0.15, 0.2) is 24.3 Å². The molecule has 0 fully saturated rings. The summed E-state index contributed by atoms with van der Waals surface area (Å²) in [6, 6.07) is 7.90. The highest BCUT2D eigenvalue weighted by molar-refractivity contribution is 7.47. The molecule has 7 heteroatoms. The molecule has 0 aromatic heterocycles. The van der Waals surface area contributed by atoms with Crippen LogP contribution >= 0.6 is 7.82 Å². The molecule has 0 aliphatic heterocycles. The third-order valence-electron chi connectivity index (χ3n) is 6.83. The maximum Gasteiger partial charge on any atom is 0.559 e. The number of halogens is 1. The SMILES string of the molecule is CC(c1cc(C(C)(C)C)cc(C(C)(C)C)c1O)c1cc(C(C)(C)C)cc(C(C)(C)C)c1OP(=O)(O)OF. The summed E-state index contributed by atoms with van der Waals surface area (Å²) in [4.78, 5) is 10.0. The molecule has 0 heterocycles. The van der Waals surface area contributed by atoms with Crippen LogP contribution in [-0.4, -0.2) is 10.00 Å². The summed E-state index contributed by atoms with van der Waals surface area (Å²) >= 11 is 0. The first-order valence-corrected chi connectivity index (χ1v) is 14.3. The maximum absolute atomic E-state index is 13.1. The van der Waals surface area contributed by atoms with Crippen LogP contribution in [0.3, 0.4) is 0 Å². The minimum absolute atomic E-state index is 0.0920. The Morgan fingerprint density at radius 2 is 1.14 bits per heavy atom. The smallest absolute Gasteiger partial charge is 0.507 e. The first-order chi connectivity index (χ1) is 16.4. The van der Waals surface area contributed by atoms with Crippen molar-refractivity contribution in [2.45, 2.75) is 118 Å². The van der Waals surface area contributed by atoms with Crippen LogP contribution in [0, 0.1) is 0 Å². The Morgan fingerprint density at radius 3 is 1.51 bits per heavy atom. The summed E-state index contributed by atoms with van der Waals surface area (Å²) in [6.07, 6.45) is 0. The Morgan fingerprint density at radius 1 is 0.730 bits per heavy atom. The molecule has 2 aromatic carbocycles. The Bertz CT molecular complexity index is 1190. The number of phosphoric ester groups is 1. The standard InChI is InChI=1S/C30H46FO5P/c1-18(21-14-19(27(2,3)4)16-23(25(21)32)29(8,9)10)22-15-20(28(5,6)7)17-24(30(11,12)13)26(22)35-37(33,34)36-31/h14-18,32H,1-13H3,(H,33,34). The van der Waals surface area contributed by atoms with E-state index < -0.39 is 19.2 Å². The van der Waals surface area contributed by atoms with Gasteiger partial charge in [0.2, 0.25) is 0 Å². The number of hydrogen-bond donors (Lipinski definition) is 2. The first-order valence-electron chi connectivity index (χ1n) is 12.8. The van der Waals surface area contributed by atoms with E-state index in [-0.39, 0.29) is 27.7 Å². The summed E-state index contributed by atoms with van der Waals surface area (Å²) < 4.78 is 34.2. The van der Waals surface area contributed by atoms with Gasteiger partial charge in [-0.2, -0.15) is 0 Å². The molecule has 2 unspecified atom stereocenters. The van der Waals surface area contributed by atoms with Crippen molar-refractivity contribution in [2.75, 3.05) is 0 Å². The summed E-state index contributed by atoms with van der Waals surface area (Å²) in [7, 11) is -5.02. The molecule has 2 atom stereocenters. The molecular weight excluding hydrogens is 490 g/mol. The van der Waals surface area contributed by atoms with Gasteiger partial charge in [-0.3, -0.25) is 4.89 Å². The van der Waals surface area contributed by atoms with Gasteiger partial charge >= 0.3 is 7.82 Å². The maximum atomic E-state index is 13.1. The molecule has 0 saturated heterocycles. The fourth-order valence-corrected chi connectivity index (χ4v) is 4.82. The Balaban J connectivity index is 3.05. The fourth-order valence-electron chi connectivity index (χ4n) is 4.35. The molecule has 2 N–H and O–H groups in total. The van der Waals surface area contributed by atoms with Crippen molar-refractivity contribution < 1.29 is 28.3 Å². The molecule has 0 aliphatic rings. The molecule has 0 amide bonds. The van der Waals surface area contributed by atoms with Gasteiger partial charge in [-0.25, -0.2) is 4.57 Å². The summed E-state index contributed by atoms with van der Waals surface area (Å²) in [5, 5.41) is 11.5. The lowest BCUT2D eigenvalue weighted by molar-refractivity contribution is -0.0365. The molecule has 0 saturated carbocycles. The van der Waals surface area contributed by atoms with E-state index in [9.17, 15) is 19.1 Å². The molecule has 2 rings (SSSR count). The quantitative estimate of drug-likeness (QED) is 0.373. The second-order valence-corrected chi connectivity index (χ2v) is 15.5. The van der Waals surface area contributed by atoms with Gasteiger partial charge in [0.25, 0.3) is 0 Å². The van der Waals surface area contributed by atoms with Gasteiger partial charge < -0.3 is 9.63 Å². The van der Waals surface area contributed by atoms with E-state index in [2.05, 4.69) is 67.0 Å². The van der Waals surface area contributed by atoms with E-state index in [1.807, 2.05) is 52.0 Å². The lowest BCUT2D eigenvalue weighted by atomic mass is 9.74. The summed E-state index contributed by atoms with van der Waals surface area (Å²) in [5.74, 6) is -0.192. The summed E-state index contributed by atoms with van der Waals surface area (Å²) in [6.45, 7) is 26.6. The molecule has 37 heavy (non-hydrogen) atoms. The number of benzene rings is 2.